The van der Waals surface area contributed by atoms with E-state index in [2.05, 4.69) is 113 Å². The van der Waals surface area contributed by atoms with Crippen LogP contribution in [0.2, 0.25) is 18.1 Å². The van der Waals surface area contributed by atoms with Gasteiger partial charge in [-0.2, -0.15) is 0 Å². The normalized spacial score (nSPS) is 18.7. The lowest BCUT2D eigenvalue weighted by Crippen LogP contribution is -2.48. The van der Waals surface area contributed by atoms with Gasteiger partial charge < -0.3 is 9.16 Å². The molecule has 2 aromatic rings. The van der Waals surface area contributed by atoms with Crippen molar-refractivity contribution in [2.24, 2.45) is 5.92 Å². The van der Waals surface area contributed by atoms with Crippen LogP contribution in [0.4, 0.5) is 4.79 Å². The minimum Gasteiger partial charge on any atom is -0.532 e. The molecule has 0 aromatic heterocycles. The first-order valence-corrected chi connectivity index (χ1v) is 16.8. The third-order valence-corrected chi connectivity index (χ3v) is 12.7. The molecule has 208 valence electrons. The average Bonchev–Trinajstić information content (AvgIpc) is 3.17. The van der Waals surface area contributed by atoms with E-state index >= 15 is 0 Å². The summed E-state index contributed by atoms with van der Waals surface area (Å²) in [6.07, 6.45) is 1.83. The summed E-state index contributed by atoms with van der Waals surface area (Å²) in [6, 6.07) is 24.3. The molecule has 1 heterocycles. The minimum atomic E-state index is -2.06. The average molecular weight is 537 g/mol. The van der Waals surface area contributed by atoms with E-state index in [1.807, 2.05) is 18.7 Å². The zero-order chi connectivity index (χ0) is 27.9. The Bertz CT molecular complexity index is 1040. The summed E-state index contributed by atoms with van der Waals surface area (Å²) in [7, 11) is -2.06. The van der Waals surface area contributed by atoms with Crippen molar-refractivity contribution < 1.29 is 14.0 Å². The molecule has 0 spiro atoms. The fourth-order valence-corrected chi connectivity index (χ4v) is 8.34. The van der Waals surface area contributed by atoms with E-state index in [0.29, 0.717) is 12.4 Å². The molecule has 6 heteroatoms. The molecule has 0 radical (unpaired) electrons. The lowest BCUT2D eigenvalue weighted by atomic mass is 9.89. The van der Waals surface area contributed by atoms with Crippen molar-refractivity contribution in [1.29, 1.82) is 0 Å². The van der Waals surface area contributed by atoms with Crippen LogP contribution >= 0.6 is 0 Å². The molecule has 1 aliphatic heterocycles. The molecule has 0 unspecified atom stereocenters. The summed E-state index contributed by atoms with van der Waals surface area (Å²) in [6.45, 7) is 18.7. The highest BCUT2D eigenvalue weighted by molar-refractivity contribution is 6.73. The summed E-state index contributed by atoms with van der Waals surface area (Å²) in [5, 5.41) is 0. The lowest BCUT2D eigenvalue weighted by Gasteiger charge is -2.38. The van der Waals surface area contributed by atoms with Crippen LogP contribution in [-0.4, -0.2) is 42.4 Å². The van der Waals surface area contributed by atoms with Gasteiger partial charge in [-0.1, -0.05) is 95.3 Å². The molecule has 2 aromatic carbocycles. The predicted molar refractivity (Wildman–Crippen MR) is 159 cm³/mol. The second kappa shape index (κ2) is 13.0. The van der Waals surface area contributed by atoms with E-state index in [4.69, 9.17) is 9.16 Å². The number of carbonyl (C=O) groups is 1. The largest absolute Gasteiger partial charge is 0.532 e. The van der Waals surface area contributed by atoms with E-state index in [1.165, 1.54) is 11.1 Å². The molecule has 2 atom stereocenters. The van der Waals surface area contributed by atoms with Crippen LogP contribution in [0.5, 0.6) is 0 Å². The number of benzene rings is 2. The van der Waals surface area contributed by atoms with Gasteiger partial charge in [0.2, 0.25) is 0 Å². The Hall–Kier alpha value is -2.57. The van der Waals surface area contributed by atoms with Gasteiger partial charge in [-0.15, -0.1) is 0 Å². The minimum absolute atomic E-state index is 0.104. The van der Waals surface area contributed by atoms with Crippen molar-refractivity contribution in [1.82, 2.24) is 9.80 Å². The van der Waals surface area contributed by atoms with Crippen molar-refractivity contribution in [3.8, 4) is 0 Å². The van der Waals surface area contributed by atoms with Crippen LogP contribution in [0.25, 0.3) is 0 Å². The number of carbonyl (C=O) groups excluding carboxylic acids is 1. The molecule has 0 N–H and O–H groups in total. The topological polar surface area (TPSA) is 42.0 Å². The van der Waals surface area contributed by atoms with Gasteiger partial charge >= 0.3 is 6.09 Å². The van der Waals surface area contributed by atoms with E-state index < -0.39 is 13.9 Å². The number of rotatable bonds is 13. The Labute approximate surface area is 232 Å². The van der Waals surface area contributed by atoms with Crippen molar-refractivity contribution >= 4 is 14.4 Å². The maximum absolute atomic E-state index is 13.4. The molecule has 0 aliphatic carbocycles. The Balaban J connectivity index is 2.04. The second-order valence-corrected chi connectivity index (χ2v) is 16.1. The number of nitrogens with zero attached hydrogens (tertiary/aromatic N) is 2. The van der Waals surface area contributed by atoms with Crippen molar-refractivity contribution in [2.75, 3.05) is 6.54 Å². The second-order valence-electron chi connectivity index (χ2n) is 11.4. The molecule has 1 amide bonds. The van der Waals surface area contributed by atoms with Crippen LogP contribution in [0.15, 0.2) is 72.6 Å². The van der Waals surface area contributed by atoms with Crippen LogP contribution in [-0.2, 0) is 15.7 Å². The molecular formula is C32H48N2O3Si. The van der Waals surface area contributed by atoms with Gasteiger partial charge in [-0.3, -0.25) is 4.90 Å². The van der Waals surface area contributed by atoms with Gasteiger partial charge in [0.05, 0.1) is 6.04 Å². The highest BCUT2D eigenvalue weighted by Crippen LogP contribution is 2.39. The number of hydrogen-bond acceptors (Lipinski definition) is 4. The Morgan fingerprint density at radius 1 is 1.00 bits per heavy atom. The maximum atomic E-state index is 13.4. The molecule has 38 heavy (non-hydrogen) atoms. The standard InChI is InChI=1S/C32H48N2O3Si/c1-9-38(10-2,11-3)37-29(34-30(25(4)5)32(7,8)36-31(34)35)22-23-33(24-27-18-14-12-15-19-27)26(6)28-20-16-13-17-21-28/h12-22,25-26,30H,9-11,23-24H2,1-8H3/b29-22-/t26-,30+/m1/s1. The van der Waals surface area contributed by atoms with Crippen molar-refractivity contribution in [3.63, 3.8) is 0 Å². The smallest absolute Gasteiger partial charge is 0.417 e. The molecule has 1 fully saturated rings. The Kier molecular flexibility index (Phi) is 10.2. The first-order chi connectivity index (χ1) is 18.1. The zero-order valence-corrected chi connectivity index (χ0v) is 25.7. The summed E-state index contributed by atoms with van der Waals surface area (Å²) in [5.41, 5.74) is 1.93. The summed E-state index contributed by atoms with van der Waals surface area (Å²) in [4.78, 5) is 17.6. The molecule has 0 bridgehead atoms. The summed E-state index contributed by atoms with van der Waals surface area (Å²) in [5.74, 6) is 0.892. The van der Waals surface area contributed by atoms with E-state index in [1.54, 1.807) is 0 Å². The molecule has 5 nitrogen and oxygen atoms in total. The number of ether oxygens (including phenoxy) is 1. The number of amides is 1. The maximum Gasteiger partial charge on any atom is 0.417 e. The van der Waals surface area contributed by atoms with Gasteiger partial charge in [-0.05, 0) is 62.0 Å². The monoisotopic (exact) mass is 536 g/mol. The third-order valence-electron chi connectivity index (χ3n) is 8.22. The molecular weight excluding hydrogens is 488 g/mol. The SMILES string of the molecule is CC[Si](CC)(CC)O/C(=C\CN(Cc1ccccc1)[C@H](C)c1ccccc1)N1C(=O)OC(C)(C)[C@@H]1C(C)C. The fourth-order valence-electron chi connectivity index (χ4n) is 5.78. The van der Waals surface area contributed by atoms with Crippen molar-refractivity contribution in [2.45, 2.75) is 97.8 Å². The molecule has 1 aliphatic rings. The van der Waals surface area contributed by atoms with Gasteiger partial charge in [0, 0.05) is 19.1 Å². The fraction of sp³-hybridized carbons (Fsp3) is 0.531. The highest BCUT2D eigenvalue weighted by Gasteiger charge is 2.52. The highest BCUT2D eigenvalue weighted by atomic mass is 28.4. The van der Waals surface area contributed by atoms with Crippen LogP contribution in [0, 0.1) is 5.92 Å². The molecule has 1 saturated heterocycles. The van der Waals surface area contributed by atoms with Gasteiger partial charge in [-0.25, -0.2) is 9.69 Å². The van der Waals surface area contributed by atoms with Crippen molar-refractivity contribution in [3.05, 3.63) is 83.7 Å². The number of cyclic esters (lactones) is 1. The van der Waals surface area contributed by atoms with Gasteiger partial charge in [0.25, 0.3) is 8.32 Å². The van der Waals surface area contributed by atoms with E-state index in [-0.39, 0.29) is 24.1 Å². The van der Waals surface area contributed by atoms with Gasteiger partial charge in [0.1, 0.15) is 5.60 Å². The Morgan fingerprint density at radius 2 is 1.55 bits per heavy atom. The van der Waals surface area contributed by atoms with Crippen LogP contribution in [0.1, 0.15) is 72.6 Å². The number of hydrogen-bond donors (Lipinski definition) is 0. The zero-order valence-electron chi connectivity index (χ0n) is 24.7. The molecule has 3 rings (SSSR count). The van der Waals surface area contributed by atoms with E-state index in [9.17, 15) is 4.79 Å². The van der Waals surface area contributed by atoms with Crippen LogP contribution < -0.4 is 0 Å². The Morgan fingerprint density at radius 3 is 2.08 bits per heavy atom. The first-order valence-electron chi connectivity index (χ1n) is 14.3. The van der Waals surface area contributed by atoms with Crippen LogP contribution in [0.3, 0.4) is 0 Å². The summed E-state index contributed by atoms with van der Waals surface area (Å²) >= 11 is 0. The summed E-state index contributed by atoms with van der Waals surface area (Å²) < 4.78 is 12.9. The molecule has 0 saturated carbocycles. The first kappa shape index (κ1) is 30.0. The lowest BCUT2D eigenvalue weighted by molar-refractivity contribution is 0.0545. The third kappa shape index (κ3) is 6.89. The van der Waals surface area contributed by atoms with Gasteiger partial charge in [0.15, 0.2) is 5.88 Å². The predicted octanol–water partition coefficient (Wildman–Crippen LogP) is 8.37. The quantitative estimate of drug-likeness (QED) is 0.190. The van der Waals surface area contributed by atoms with E-state index in [0.717, 1.165) is 24.7 Å².